The summed E-state index contributed by atoms with van der Waals surface area (Å²) in [7, 11) is -4.69. The Morgan fingerprint density at radius 2 is 1.75 bits per heavy atom. The van der Waals surface area contributed by atoms with Gasteiger partial charge in [-0.3, -0.25) is 9.35 Å². The summed E-state index contributed by atoms with van der Waals surface area (Å²) in [6, 6.07) is 0. The van der Waals surface area contributed by atoms with E-state index in [1.165, 1.54) is 26.0 Å². The molecule has 7 nitrogen and oxygen atoms in total. The van der Waals surface area contributed by atoms with Gasteiger partial charge in [0.15, 0.2) is 0 Å². The number of carbonyl (C=O) groups is 2. The molecule has 110 valence electrons. The van der Waals surface area contributed by atoms with Crippen LogP contribution in [0.4, 0.5) is 0 Å². The fourth-order valence-electron chi connectivity index (χ4n) is 2.22. The van der Waals surface area contributed by atoms with Gasteiger partial charge in [0, 0.05) is 0 Å². The highest BCUT2D eigenvalue weighted by molar-refractivity contribution is 7.86. The van der Waals surface area contributed by atoms with Crippen LogP contribution in [0.2, 0.25) is 0 Å². The monoisotopic (exact) mass is 302 g/mol. The van der Waals surface area contributed by atoms with Crippen LogP contribution in [0.3, 0.4) is 0 Å². The molecule has 1 aliphatic carbocycles. The maximum absolute atomic E-state index is 11.5. The lowest BCUT2D eigenvalue weighted by molar-refractivity contribution is -0.139. The fraction of sp³-hybridized carbons (Fsp3) is 0.333. The average molecular weight is 302 g/mol. The van der Waals surface area contributed by atoms with E-state index in [2.05, 4.69) is 0 Å². The summed E-state index contributed by atoms with van der Waals surface area (Å²) < 4.78 is 32.4. The molecular formula is C12H14O7S. The smallest absolute Gasteiger partial charge is 0.335 e. The van der Waals surface area contributed by atoms with Gasteiger partial charge in [0.05, 0.1) is 11.5 Å². The zero-order chi connectivity index (χ0) is 15.7. The second kappa shape index (κ2) is 5.59. The SMILES string of the molecule is CC=C1C(C(=O)O)=CC(C(=O)O)C(=CC)C1S(=O)(=O)O. The van der Waals surface area contributed by atoms with Gasteiger partial charge in [0.1, 0.15) is 5.25 Å². The fourth-order valence-corrected chi connectivity index (χ4v) is 3.43. The van der Waals surface area contributed by atoms with Crippen molar-refractivity contribution in [3.63, 3.8) is 0 Å². The van der Waals surface area contributed by atoms with Gasteiger partial charge in [-0.1, -0.05) is 18.2 Å². The lowest BCUT2D eigenvalue weighted by Gasteiger charge is -2.29. The van der Waals surface area contributed by atoms with Crippen LogP contribution >= 0.6 is 0 Å². The Bertz CT molecular complexity index is 637. The Labute approximate surface area is 115 Å². The molecule has 0 aromatic heterocycles. The predicted molar refractivity (Wildman–Crippen MR) is 69.7 cm³/mol. The number of rotatable bonds is 3. The first-order valence-corrected chi connectivity index (χ1v) is 7.12. The van der Waals surface area contributed by atoms with Gasteiger partial charge in [-0.2, -0.15) is 8.42 Å². The van der Waals surface area contributed by atoms with Crippen molar-refractivity contribution < 1.29 is 32.8 Å². The highest BCUT2D eigenvalue weighted by Gasteiger charge is 2.42. The largest absolute Gasteiger partial charge is 0.481 e. The van der Waals surface area contributed by atoms with Crippen molar-refractivity contribution >= 4 is 22.1 Å². The molecule has 2 unspecified atom stereocenters. The Morgan fingerprint density at radius 1 is 1.20 bits per heavy atom. The summed E-state index contributed by atoms with van der Waals surface area (Å²) in [5.74, 6) is -4.25. The number of carboxylic acid groups (broad SMARTS) is 2. The van der Waals surface area contributed by atoms with E-state index >= 15 is 0 Å². The van der Waals surface area contributed by atoms with Crippen molar-refractivity contribution in [3.8, 4) is 0 Å². The molecule has 0 amide bonds. The molecule has 0 spiro atoms. The third-order valence-electron chi connectivity index (χ3n) is 3.03. The Kier molecular flexibility index (Phi) is 4.51. The molecule has 0 bridgehead atoms. The van der Waals surface area contributed by atoms with E-state index < -0.39 is 38.8 Å². The summed E-state index contributed by atoms with van der Waals surface area (Å²) in [4.78, 5) is 22.3. The molecule has 0 aromatic rings. The lowest BCUT2D eigenvalue weighted by Crippen LogP contribution is -2.36. The molecule has 0 fully saturated rings. The first-order chi connectivity index (χ1) is 9.15. The minimum Gasteiger partial charge on any atom is -0.481 e. The predicted octanol–water partition coefficient (Wildman–Crippen LogP) is 0.861. The molecule has 0 saturated heterocycles. The van der Waals surface area contributed by atoms with Crippen LogP contribution < -0.4 is 0 Å². The van der Waals surface area contributed by atoms with Crippen LogP contribution in [-0.2, 0) is 19.7 Å². The number of carboxylic acids is 2. The van der Waals surface area contributed by atoms with Gasteiger partial charge in [-0.15, -0.1) is 0 Å². The summed E-state index contributed by atoms with van der Waals surface area (Å²) in [6.45, 7) is 2.84. The average Bonchev–Trinajstić information content (AvgIpc) is 2.34. The van der Waals surface area contributed by atoms with Crippen LogP contribution in [0.1, 0.15) is 13.8 Å². The van der Waals surface area contributed by atoms with Crippen LogP contribution in [0.5, 0.6) is 0 Å². The molecule has 8 heteroatoms. The van der Waals surface area contributed by atoms with Crippen LogP contribution in [-0.4, -0.2) is 40.4 Å². The molecule has 3 N–H and O–H groups in total. The quantitative estimate of drug-likeness (QED) is 0.521. The van der Waals surface area contributed by atoms with Crippen molar-refractivity contribution in [3.05, 3.63) is 34.9 Å². The van der Waals surface area contributed by atoms with E-state index in [9.17, 15) is 22.6 Å². The second-order valence-corrected chi connectivity index (χ2v) is 5.63. The molecular weight excluding hydrogens is 288 g/mol. The highest BCUT2D eigenvalue weighted by Crippen LogP contribution is 2.37. The molecule has 2 atom stereocenters. The van der Waals surface area contributed by atoms with Crippen molar-refractivity contribution in [1.29, 1.82) is 0 Å². The maximum Gasteiger partial charge on any atom is 0.335 e. The first-order valence-electron chi connectivity index (χ1n) is 5.62. The van der Waals surface area contributed by atoms with Gasteiger partial charge in [0.25, 0.3) is 10.1 Å². The highest BCUT2D eigenvalue weighted by atomic mass is 32.2. The third kappa shape index (κ3) is 2.81. The lowest BCUT2D eigenvalue weighted by atomic mass is 9.81. The summed E-state index contributed by atoms with van der Waals surface area (Å²) in [6.07, 6.45) is 3.47. The van der Waals surface area contributed by atoms with Crippen molar-refractivity contribution in [1.82, 2.24) is 0 Å². The summed E-state index contributed by atoms with van der Waals surface area (Å²) in [5.41, 5.74) is -0.670. The molecule has 1 aliphatic rings. The molecule has 20 heavy (non-hydrogen) atoms. The number of allylic oxidation sites excluding steroid dienone is 2. The van der Waals surface area contributed by atoms with Gasteiger partial charge in [0.2, 0.25) is 0 Å². The van der Waals surface area contributed by atoms with E-state index in [4.69, 9.17) is 10.2 Å². The van der Waals surface area contributed by atoms with Crippen LogP contribution in [0.15, 0.2) is 34.9 Å². The number of aliphatic carboxylic acids is 2. The number of hydrogen-bond donors (Lipinski definition) is 3. The second-order valence-electron chi connectivity index (χ2n) is 4.13. The molecule has 0 aromatic carbocycles. The van der Waals surface area contributed by atoms with Crippen molar-refractivity contribution in [2.24, 2.45) is 5.92 Å². The Morgan fingerprint density at radius 3 is 2.05 bits per heavy atom. The van der Waals surface area contributed by atoms with Crippen LogP contribution in [0.25, 0.3) is 0 Å². The Hall–Kier alpha value is -1.93. The standard InChI is InChI=1S/C12H14O7S/c1-3-6-8(11(13)14)5-9(12(15)16)7(4-2)10(6)20(17,18)19/h3-5,8,10H,1-2H3,(H,13,14)(H,15,16)(H,17,18,19). The zero-order valence-corrected chi connectivity index (χ0v) is 11.6. The van der Waals surface area contributed by atoms with Crippen molar-refractivity contribution in [2.75, 3.05) is 0 Å². The molecule has 0 radical (unpaired) electrons. The minimum absolute atomic E-state index is 0.0851. The van der Waals surface area contributed by atoms with E-state index in [0.29, 0.717) is 0 Å². The normalized spacial score (nSPS) is 27.4. The van der Waals surface area contributed by atoms with E-state index in [0.717, 1.165) is 6.08 Å². The minimum atomic E-state index is -4.69. The summed E-state index contributed by atoms with van der Waals surface area (Å²) in [5, 5.41) is 16.5. The van der Waals surface area contributed by atoms with Gasteiger partial charge in [-0.05, 0) is 25.0 Å². The molecule has 0 aliphatic heterocycles. The Balaban J connectivity index is 3.71. The van der Waals surface area contributed by atoms with Gasteiger partial charge in [-0.25, -0.2) is 4.79 Å². The number of hydrogen-bond acceptors (Lipinski definition) is 4. The molecule has 0 heterocycles. The van der Waals surface area contributed by atoms with E-state index in [1.807, 2.05) is 0 Å². The first kappa shape index (κ1) is 16.1. The van der Waals surface area contributed by atoms with E-state index in [1.54, 1.807) is 0 Å². The van der Waals surface area contributed by atoms with Crippen LogP contribution in [0, 0.1) is 5.92 Å². The van der Waals surface area contributed by atoms with Crippen molar-refractivity contribution in [2.45, 2.75) is 19.1 Å². The molecule has 1 rings (SSSR count). The van der Waals surface area contributed by atoms with Gasteiger partial charge >= 0.3 is 11.9 Å². The summed E-state index contributed by atoms with van der Waals surface area (Å²) >= 11 is 0. The topological polar surface area (TPSA) is 129 Å². The van der Waals surface area contributed by atoms with E-state index in [-0.39, 0.29) is 11.1 Å². The maximum atomic E-state index is 11.5. The van der Waals surface area contributed by atoms with Gasteiger partial charge < -0.3 is 10.2 Å². The zero-order valence-electron chi connectivity index (χ0n) is 10.8. The molecule has 0 saturated carbocycles. The third-order valence-corrected chi connectivity index (χ3v) is 4.15.